The van der Waals surface area contributed by atoms with Crippen LogP contribution < -0.4 is 0 Å². The average molecular weight is 236 g/mol. The number of rotatable bonds is 4. The van der Waals surface area contributed by atoms with Gasteiger partial charge < -0.3 is 14.0 Å². The maximum atomic E-state index is 5.31. The highest BCUT2D eigenvalue weighted by atomic mass is 32.1. The number of furan rings is 1. The molecule has 0 saturated heterocycles. The van der Waals surface area contributed by atoms with Crippen LogP contribution in [-0.2, 0) is 13.0 Å². The summed E-state index contributed by atoms with van der Waals surface area (Å²) in [5, 5.41) is 0. The van der Waals surface area contributed by atoms with E-state index < -0.39 is 0 Å². The maximum Gasteiger partial charge on any atom is 0.177 e. The average Bonchev–Trinajstić information content (AvgIpc) is 2.84. The zero-order chi connectivity index (χ0) is 11.5. The Kier molecular flexibility index (Phi) is 3.29. The third-order valence-electron chi connectivity index (χ3n) is 2.65. The summed E-state index contributed by atoms with van der Waals surface area (Å²) in [5.41, 5.74) is 1.25. The molecule has 0 aliphatic heterocycles. The zero-order valence-corrected chi connectivity index (χ0v) is 10.4. The third-order valence-corrected chi connectivity index (χ3v) is 2.99. The van der Waals surface area contributed by atoms with Crippen LogP contribution in [0.15, 0.2) is 29.0 Å². The molecule has 0 bridgehead atoms. The Hall–Kier alpha value is -1.29. The van der Waals surface area contributed by atoms with Crippen molar-refractivity contribution >= 4 is 12.2 Å². The second kappa shape index (κ2) is 4.70. The van der Waals surface area contributed by atoms with Crippen molar-refractivity contribution in [1.29, 1.82) is 0 Å². The monoisotopic (exact) mass is 236 g/mol. The Morgan fingerprint density at radius 1 is 1.50 bits per heavy atom. The van der Waals surface area contributed by atoms with Crippen LogP contribution in [0.3, 0.4) is 0 Å². The summed E-state index contributed by atoms with van der Waals surface area (Å²) >= 11 is 5.26. The fourth-order valence-corrected chi connectivity index (χ4v) is 2.05. The fraction of sp³-hybridized carbons (Fsp3) is 0.417. The predicted molar refractivity (Wildman–Crippen MR) is 66.1 cm³/mol. The SMILES string of the molecule is CC(C)c1c[nH]c(=S)n1CCc1ccco1. The lowest BCUT2D eigenvalue weighted by molar-refractivity contribution is 0.485. The molecule has 1 N–H and O–H groups in total. The Balaban J connectivity index is 2.14. The zero-order valence-electron chi connectivity index (χ0n) is 9.56. The molecule has 3 nitrogen and oxygen atoms in total. The summed E-state index contributed by atoms with van der Waals surface area (Å²) < 4.78 is 8.24. The highest BCUT2D eigenvalue weighted by Crippen LogP contribution is 2.15. The summed E-state index contributed by atoms with van der Waals surface area (Å²) in [6.07, 6.45) is 4.57. The van der Waals surface area contributed by atoms with Crippen molar-refractivity contribution in [3.05, 3.63) is 40.8 Å². The summed E-state index contributed by atoms with van der Waals surface area (Å²) in [4.78, 5) is 3.10. The van der Waals surface area contributed by atoms with Crippen molar-refractivity contribution in [2.75, 3.05) is 0 Å². The standard InChI is InChI=1S/C12H16N2OS/c1-9(2)11-8-13-12(16)14(11)6-5-10-4-3-7-15-10/h3-4,7-9H,5-6H2,1-2H3,(H,13,16). The fourth-order valence-electron chi connectivity index (χ4n) is 1.79. The van der Waals surface area contributed by atoms with Crippen molar-refractivity contribution in [3.63, 3.8) is 0 Å². The van der Waals surface area contributed by atoms with Crippen molar-refractivity contribution in [2.45, 2.75) is 32.7 Å². The van der Waals surface area contributed by atoms with Crippen LogP contribution in [0.5, 0.6) is 0 Å². The first kappa shape index (κ1) is 11.2. The summed E-state index contributed by atoms with van der Waals surface area (Å²) in [5.74, 6) is 1.47. The smallest absolute Gasteiger partial charge is 0.177 e. The van der Waals surface area contributed by atoms with E-state index in [1.165, 1.54) is 5.69 Å². The van der Waals surface area contributed by atoms with Crippen LogP contribution in [-0.4, -0.2) is 9.55 Å². The molecule has 4 heteroatoms. The van der Waals surface area contributed by atoms with Gasteiger partial charge in [0, 0.05) is 24.9 Å². The van der Waals surface area contributed by atoms with Gasteiger partial charge in [0.15, 0.2) is 4.77 Å². The van der Waals surface area contributed by atoms with Gasteiger partial charge in [-0.25, -0.2) is 0 Å². The van der Waals surface area contributed by atoms with Crippen molar-refractivity contribution < 1.29 is 4.42 Å². The molecule has 0 radical (unpaired) electrons. The Morgan fingerprint density at radius 2 is 2.31 bits per heavy atom. The molecule has 0 aliphatic rings. The molecular formula is C12H16N2OS. The Labute approximate surface area is 100 Å². The largest absolute Gasteiger partial charge is 0.469 e. The van der Waals surface area contributed by atoms with Gasteiger partial charge >= 0.3 is 0 Å². The molecular weight excluding hydrogens is 220 g/mol. The van der Waals surface area contributed by atoms with Gasteiger partial charge in [0.2, 0.25) is 0 Å². The van der Waals surface area contributed by atoms with Crippen molar-refractivity contribution in [1.82, 2.24) is 9.55 Å². The lowest BCUT2D eigenvalue weighted by Gasteiger charge is -2.09. The molecule has 0 saturated carbocycles. The third kappa shape index (κ3) is 2.27. The van der Waals surface area contributed by atoms with Crippen LogP contribution >= 0.6 is 12.2 Å². The van der Waals surface area contributed by atoms with E-state index in [0.29, 0.717) is 5.92 Å². The number of aromatic amines is 1. The van der Waals surface area contributed by atoms with E-state index in [1.807, 2.05) is 18.3 Å². The topological polar surface area (TPSA) is 33.9 Å². The molecule has 2 aromatic heterocycles. The van der Waals surface area contributed by atoms with Gasteiger partial charge in [-0.05, 0) is 30.3 Å². The molecule has 0 aliphatic carbocycles. The minimum Gasteiger partial charge on any atom is -0.469 e. The maximum absolute atomic E-state index is 5.31. The molecule has 0 unspecified atom stereocenters. The van der Waals surface area contributed by atoms with E-state index in [-0.39, 0.29) is 0 Å². The molecule has 0 amide bonds. The van der Waals surface area contributed by atoms with Crippen LogP contribution in [0.2, 0.25) is 0 Å². The number of hydrogen-bond acceptors (Lipinski definition) is 2. The van der Waals surface area contributed by atoms with Gasteiger partial charge in [0.1, 0.15) is 5.76 Å². The lowest BCUT2D eigenvalue weighted by atomic mass is 10.1. The number of nitrogens with one attached hydrogen (secondary N) is 1. The number of imidazole rings is 1. The van der Waals surface area contributed by atoms with Crippen LogP contribution in [0, 0.1) is 4.77 Å². The highest BCUT2D eigenvalue weighted by Gasteiger charge is 2.08. The lowest BCUT2D eigenvalue weighted by Crippen LogP contribution is -2.06. The van der Waals surface area contributed by atoms with Gasteiger partial charge in [-0.3, -0.25) is 0 Å². The first-order valence-electron chi connectivity index (χ1n) is 5.49. The van der Waals surface area contributed by atoms with Crippen molar-refractivity contribution in [3.8, 4) is 0 Å². The van der Waals surface area contributed by atoms with E-state index in [4.69, 9.17) is 16.6 Å². The van der Waals surface area contributed by atoms with Crippen molar-refractivity contribution in [2.24, 2.45) is 0 Å². The van der Waals surface area contributed by atoms with Gasteiger partial charge in [-0.15, -0.1) is 0 Å². The van der Waals surface area contributed by atoms with Gasteiger partial charge in [-0.1, -0.05) is 13.8 Å². The number of aromatic nitrogens is 2. The molecule has 2 heterocycles. The summed E-state index contributed by atoms with van der Waals surface area (Å²) in [7, 11) is 0. The van der Waals surface area contributed by atoms with Crippen LogP contribution in [0.25, 0.3) is 0 Å². The minimum atomic E-state index is 0.476. The minimum absolute atomic E-state index is 0.476. The number of nitrogens with zero attached hydrogens (tertiary/aromatic N) is 1. The molecule has 16 heavy (non-hydrogen) atoms. The van der Waals surface area contributed by atoms with E-state index >= 15 is 0 Å². The predicted octanol–water partition coefficient (Wildman–Crippen LogP) is 3.50. The van der Waals surface area contributed by atoms with Gasteiger partial charge in [0.25, 0.3) is 0 Å². The molecule has 0 atom stereocenters. The van der Waals surface area contributed by atoms with E-state index in [1.54, 1.807) is 6.26 Å². The van der Waals surface area contributed by atoms with Crippen LogP contribution in [0.1, 0.15) is 31.2 Å². The molecule has 86 valence electrons. The van der Waals surface area contributed by atoms with Gasteiger partial charge in [-0.2, -0.15) is 0 Å². The number of aryl methyl sites for hydroxylation is 1. The van der Waals surface area contributed by atoms with E-state index in [9.17, 15) is 0 Å². The van der Waals surface area contributed by atoms with Crippen LogP contribution in [0.4, 0.5) is 0 Å². The summed E-state index contributed by atoms with van der Waals surface area (Å²) in [6.45, 7) is 5.20. The summed E-state index contributed by atoms with van der Waals surface area (Å²) in [6, 6.07) is 3.90. The second-order valence-corrected chi connectivity index (χ2v) is 4.54. The molecule has 2 rings (SSSR count). The normalized spacial score (nSPS) is 11.2. The first-order valence-corrected chi connectivity index (χ1v) is 5.90. The number of H-pyrrole nitrogens is 1. The molecule has 0 fully saturated rings. The second-order valence-electron chi connectivity index (χ2n) is 4.15. The Morgan fingerprint density at radius 3 is 2.94 bits per heavy atom. The Bertz CT molecular complexity index is 493. The molecule has 2 aromatic rings. The van der Waals surface area contributed by atoms with E-state index in [2.05, 4.69) is 23.4 Å². The first-order chi connectivity index (χ1) is 7.68. The molecule has 0 spiro atoms. The van der Waals surface area contributed by atoms with Gasteiger partial charge in [0.05, 0.1) is 6.26 Å². The number of hydrogen-bond donors (Lipinski definition) is 1. The quantitative estimate of drug-likeness (QED) is 0.824. The van der Waals surface area contributed by atoms with E-state index in [0.717, 1.165) is 23.5 Å². The molecule has 0 aromatic carbocycles. The highest BCUT2D eigenvalue weighted by molar-refractivity contribution is 7.71.